The van der Waals surface area contributed by atoms with Gasteiger partial charge in [0.1, 0.15) is 23.1 Å². The number of amides is 3. The quantitative estimate of drug-likeness (QED) is 0.326. The van der Waals surface area contributed by atoms with Crippen LogP contribution in [0, 0.1) is 5.92 Å². The Morgan fingerprint density at radius 3 is 2.30 bits per heavy atom. The summed E-state index contributed by atoms with van der Waals surface area (Å²) in [5.74, 6) is 1.82. The molecule has 238 valence electrons. The molecule has 9 nitrogen and oxygen atoms in total. The van der Waals surface area contributed by atoms with Crippen molar-refractivity contribution in [3.8, 4) is 11.5 Å². The maximum absolute atomic E-state index is 13.8. The number of piperazine rings is 1. The van der Waals surface area contributed by atoms with Crippen LogP contribution >= 0.6 is 0 Å². The van der Waals surface area contributed by atoms with E-state index in [2.05, 4.69) is 34.6 Å². The maximum Gasteiger partial charge on any atom is 0.251 e. The van der Waals surface area contributed by atoms with Crippen molar-refractivity contribution in [3.05, 3.63) is 59.7 Å². The van der Waals surface area contributed by atoms with Crippen LogP contribution in [0.2, 0.25) is 0 Å². The number of carbonyl (C=O) groups is 3. The van der Waals surface area contributed by atoms with Gasteiger partial charge in [0.2, 0.25) is 11.8 Å². The predicted octanol–water partition coefficient (Wildman–Crippen LogP) is 4.63. The SMILES string of the molecule is CCCCN1C(=O)C(CC2CCCCC2)NC(=O)C12CCN(Cc1ccc(Oc3ccc(C(=O)NCCO)cc3)cc1)CC2. The summed E-state index contributed by atoms with van der Waals surface area (Å²) in [4.78, 5) is 43.9. The van der Waals surface area contributed by atoms with E-state index < -0.39 is 5.54 Å². The molecule has 9 heteroatoms. The molecular formula is C35H48N4O5. The Kier molecular flexibility index (Phi) is 10.9. The minimum Gasteiger partial charge on any atom is -0.457 e. The molecule has 3 fully saturated rings. The van der Waals surface area contributed by atoms with Gasteiger partial charge < -0.3 is 25.4 Å². The summed E-state index contributed by atoms with van der Waals surface area (Å²) in [6.07, 6.45) is 10.1. The molecule has 3 aliphatic rings. The van der Waals surface area contributed by atoms with E-state index in [4.69, 9.17) is 9.84 Å². The number of ether oxygens (including phenoxy) is 1. The lowest BCUT2D eigenvalue weighted by atomic mass is 9.79. The Bertz CT molecular complexity index is 1250. The van der Waals surface area contributed by atoms with Crippen LogP contribution in [-0.2, 0) is 16.1 Å². The van der Waals surface area contributed by atoms with E-state index in [1.807, 2.05) is 17.0 Å². The Hall–Kier alpha value is -3.43. The number of aliphatic hydroxyl groups excluding tert-OH is 1. The van der Waals surface area contributed by atoms with Gasteiger partial charge in [0, 0.05) is 38.3 Å². The molecule has 0 bridgehead atoms. The number of benzene rings is 2. The van der Waals surface area contributed by atoms with Gasteiger partial charge in [-0.1, -0.05) is 57.6 Å². The number of piperidine rings is 1. The lowest BCUT2D eigenvalue weighted by molar-refractivity contribution is -0.162. The van der Waals surface area contributed by atoms with Crippen molar-refractivity contribution in [1.29, 1.82) is 0 Å². The minimum absolute atomic E-state index is 0.0500. The molecule has 1 aliphatic carbocycles. The number of hydrogen-bond donors (Lipinski definition) is 3. The molecule has 2 aliphatic heterocycles. The van der Waals surface area contributed by atoms with E-state index in [1.54, 1.807) is 24.3 Å². The highest BCUT2D eigenvalue weighted by Crippen LogP contribution is 2.36. The van der Waals surface area contributed by atoms with Gasteiger partial charge in [0.25, 0.3) is 5.91 Å². The number of carbonyl (C=O) groups excluding carboxylic acids is 3. The molecule has 44 heavy (non-hydrogen) atoms. The van der Waals surface area contributed by atoms with Gasteiger partial charge in [-0.3, -0.25) is 19.3 Å². The van der Waals surface area contributed by atoms with Crippen molar-refractivity contribution in [1.82, 2.24) is 20.4 Å². The third-order valence-corrected chi connectivity index (χ3v) is 9.60. The third-order valence-electron chi connectivity index (χ3n) is 9.60. The van der Waals surface area contributed by atoms with E-state index >= 15 is 0 Å². The fraction of sp³-hybridized carbons (Fsp3) is 0.571. The topological polar surface area (TPSA) is 111 Å². The lowest BCUT2D eigenvalue weighted by Gasteiger charge is -2.52. The molecule has 2 heterocycles. The molecular weight excluding hydrogens is 556 g/mol. The second-order valence-corrected chi connectivity index (χ2v) is 12.7. The lowest BCUT2D eigenvalue weighted by Crippen LogP contribution is -2.73. The van der Waals surface area contributed by atoms with E-state index in [9.17, 15) is 14.4 Å². The van der Waals surface area contributed by atoms with Gasteiger partial charge in [-0.2, -0.15) is 0 Å². The van der Waals surface area contributed by atoms with Crippen molar-refractivity contribution in [3.63, 3.8) is 0 Å². The number of nitrogens with one attached hydrogen (secondary N) is 2. The molecule has 0 radical (unpaired) electrons. The van der Waals surface area contributed by atoms with Crippen LogP contribution < -0.4 is 15.4 Å². The second kappa shape index (κ2) is 15.0. The Balaban J connectivity index is 1.15. The fourth-order valence-electron chi connectivity index (χ4n) is 7.01. The van der Waals surface area contributed by atoms with Gasteiger partial charge in [0.05, 0.1) is 6.61 Å². The summed E-state index contributed by atoms with van der Waals surface area (Å²) in [6, 6.07) is 14.5. The summed E-state index contributed by atoms with van der Waals surface area (Å²) in [6.45, 7) is 5.19. The van der Waals surface area contributed by atoms with E-state index in [0.717, 1.165) is 44.5 Å². The average Bonchev–Trinajstić information content (AvgIpc) is 3.05. The molecule has 0 aromatic heterocycles. The van der Waals surface area contributed by atoms with Crippen LogP contribution in [0.1, 0.15) is 87.1 Å². The normalized spacial score (nSPS) is 20.9. The number of likely N-dealkylation sites (tertiary alicyclic amines) is 1. The highest BCUT2D eigenvalue weighted by Gasteiger charge is 2.53. The van der Waals surface area contributed by atoms with Gasteiger partial charge in [-0.25, -0.2) is 0 Å². The van der Waals surface area contributed by atoms with Crippen molar-refractivity contribution in [2.45, 2.75) is 89.3 Å². The monoisotopic (exact) mass is 604 g/mol. The zero-order chi connectivity index (χ0) is 30.9. The highest BCUT2D eigenvalue weighted by atomic mass is 16.5. The number of aliphatic hydroxyl groups is 1. The summed E-state index contributed by atoms with van der Waals surface area (Å²) in [5, 5.41) is 14.7. The number of unbranched alkanes of at least 4 members (excludes halogenated alkanes) is 1. The van der Waals surface area contributed by atoms with Crippen LogP contribution in [-0.4, -0.2) is 77.0 Å². The first-order chi connectivity index (χ1) is 21.4. The smallest absolute Gasteiger partial charge is 0.251 e. The van der Waals surface area contributed by atoms with Gasteiger partial charge in [0.15, 0.2) is 0 Å². The Labute approximate surface area is 261 Å². The largest absolute Gasteiger partial charge is 0.457 e. The number of nitrogens with zero attached hydrogens (tertiary/aromatic N) is 2. The molecule has 1 unspecified atom stereocenters. The van der Waals surface area contributed by atoms with Crippen molar-refractivity contribution < 1.29 is 24.2 Å². The molecule has 3 amide bonds. The molecule has 1 spiro atoms. The number of rotatable bonds is 12. The maximum atomic E-state index is 13.8. The van der Waals surface area contributed by atoms with Crippen LogP contribution in [0.4, 0.5) is 0 Å². The first kappa shape index (κ1) is 32.0. The Morgan fingerprint density at radius 1 is 1.00 bits per heavy atom. The van der Waals surface area contributed by atoms with Crippen molar-refractivity contribution in [2.24, 2.45) is 5.92 Å². The molecule has 1 saturated carbocycles. The summed E-state index contributed by atoms with van der Waals surface area (Å²) >= 11 is 0. The zero-order valence-corrected chi connectivity index (χ0v) is 26.1. The molecule has 1 atom stereocenters. The zero-order valence-electron chi connectivity index (χ0n) is 26.1. The number of hydrogen-bond acceptors (Lipinski definition) is 6. The van der Waals surface area contributed by atoms with E-state index in [-0.39, 0.29) is 36.9 Å². The van der Waals surface area contributed by atoms with Crippen molar-refractivity contribution >= 4 is 17.7 Å². The van der Waals surface area contributed by atoms with Crippen LogP contribution in [0.25, 0.3) is 0 Å². The molecule has 5 rings (SSSR count). The summed E-state index contributed by atoms with van der Waals surface area (Å²) in [7, 11) is 0. The van der Waals surface area contributed by atoms with Gasteiger partial charge >= 0.3 is 0 Å². The molecule has 3 N–H and O–H groups in total. The van der Waals surface area contributed by atoms with Crippen LogP contribution in [0.15, 0.2) is 48.5 Å². The fourth-order valence-corrected chi connectivity index (χ4v) is 7.01. The molecule has 2 aromatic carbocycles. The molecule has 2 aromatic rings. The Morgan fingerprint density at radius 2 is 1.66 bits per heavy atom. The highest BCUT2D eigenvalue weighted by molar-refractivity contribution is 6.00. The minimum atomic E-state index is -0.738. The van der Waals surface area contributed by atoms with E-state index in [1.165, 1.54) is 32.1 Å². The first-order valence-corrected chi connectivity index (χ1v) is 16.5. The summed E-state index contributed by atoms with van der Waals surface area (Å²) < 4.78 is 5.97. The standard InChI is InChI=1S/C35H48N4O5/c1-2-3-20-39-33(42)31(24-26-7-5-4-6-8-26)37-34(43)35(39)17-21-38(22-18-35)25-27-9-13-29(14-10-27)44-30-15-11-28(12-16-30)32(41)36-19-23-40/h9-16,26,31,40H,2-8,17-25H2,1H3,(H,36,41)(H,37,43). The average molecular weight is 605 g/mol. The predicted molar refractivity (Wildman–Crippen MR) is 169 cm³/mol. The molecule has 2 saturated heterocycles. The first-order valence-electron chi connectivity index (χ1n) is 16.5. The van der Waals surface area contributed by atoms with Gasteiger partial charge in [-0.15, -0.1) is 0 Å². The third kappa shape index (κ3) is 7.61. The van der Waals surface area contributed by atoms with Crippen LogP contribution in [0.5, 0.6) is 11.5 Å². The van der Waals surface area contributed by atoms with Crippen LogP contribution in [0.3, 0.4) is 0 Å². The van der Waals surface area contributed by atoms with E-state index in [0.29, 0.717) is 42.4 Å². The second-order valence-electron chi connectivity index (χ2n) is 12.7. The summed E-state index contributed by atoms with van der Waals surface area (Å²) in [5.41, 5.74) is 0.925. The van der Waals surface area contributed by atoms with Gasteiger partial charge in [-0.05, 0) is 73.6 Å². The van der Waals surface area contributed by atoms with Crippen molar-refractivity contribution in [2.75, 3.05) is 32.8 Å².